The zero-order valence-electron chi connectivity index (χ0n) is 16.2. The van der Waals surface area contributed by atoms with E-state index in [1.807, 2.05) is 26.8 Å². The molecule has 1 amide bonds. The van der Waals surface area contributed by atoms with Crippen LogP contribution < -0.4 is 10.0 Å². The molecule has 0 spiro atoms. The van der Waals surface area contributed by atoms with E-state index in [9.17, 15) is 13.2 Å². The molecule has 0 aliphatic heterocycles. The topological polar surface area (TPSA) is 75.3 Å². The summed E-state index contributed by atoms with van der Waals surface area (Å²) in [6, 6.07) is 12.0. The van der Waals surface area contributed by atoms with E-state index in [1.165, 1.54) is 0 Å². The summed E-state index contributed by atoms with van der Waals surface area (Å²) in [5.41, 5.74) is 1.88. The maximum Gasteiger partial charge on any atom is 0.262 e. The van der Waals surface area contributed by atoms with Gasteiger partial charge in [0.05, 0.1) is 16.1 Å². The highest BCUT2D eigenvalue weighted by atomic mass is 32.2. The molecule has 2 aromatic rings. The fraction of sp³-hybridized carbons (Fsp3) is 0.286. The Morgan fingerprint density at radius 2 is 1.81 bits per heavy atom. The van der Waals surface area contributed by atoms with Crippen LogP contribution in [0.4, 0.5) is 5.69 Å². The van der Waals surface area contributed by atoms with E-state index in [-0.39, 0.29) is 27.5 Å². The largest absolute Gasteiger partial charge is 0.349 e. The summed E-state index contributed by atoms with van der Waals surface area (Å²) in [6.45, 7) is 11.7. The number of rotatable bonds is 6. The second-order valence-corrected chi connectivity index (χ2v) is 9.03. The van der Waals surface area contributed by atoms with Crippen LogP contribution in [0, 0.1) is 6.92 Å². The molecule has 2 rings (SSSR count). The number of para-hydroxylation sites is 1. The average molecular weight is 387 g/mol. The molecule has 0 aliphatic carbocycles. The zero-order valence-corrected chi connectivity index (χ0v) is 17.0. The van der Waals surface area contributed by atoms with Gasteiger partial charge in [0.15, 0.2) is 0 Å². The predicted molar refractivity (Wildman–Crippen MR) is 110 cm³/mol. The molecule has 0 aliphatic rings. The van der Waals surface area contributed by atoms with E-state index in [2.05, 4.69) is 16.6 Å². The molecule has 27 heavy (non-hydrogen) atoms. The van der Waals surface area contributed by atoms with Gasteiger partial charge in [-0.2, -0.15) is 0 Å². The van der Waals surface area contributed by atoms with Crippen molar-refractivity contribution in [2.45, 2.75) is 38.0 Å². The van der Waals surface area contributed by atoms with Gasteiger partial charge in [-0.1, -0.05) is 51.1 Å². The van der Waals surface area contributed by atoms with Gasteiger partial charge in [-0.25, -0.2) is 8.42 Å². The van der Waals surface area contributed by atoms with Crippen molar-refractivity contribution in [1.82, 2.24) is 5.32 Å². The number of sulfonamides is 1. The molecule has 0 saturated carbocycles. The Hall–Kier alpha value is -2.60. The van der Waals surface area contributed by atoms with Crippen LogP contribution in [0.2, 0.25) is 0 Å². The standard InChI is InChI=1S/C21H26N2O3S/c1-6-13-22-20(24)17-9-7-8-10-18(17)23-27(25,26)19-14-16(21(3,4)5)12-11-15(19)2/h6-12,14,23H,1,13H2,2-5H3,(H,22,24). The van der Waals surface area contributed by atoms with Crippen LogP contribution in [0.1, 0.15) is 42.3 Å². The molecule has 0 saturated heterocycles. The highest BCUT2D eigenvalue weighted by Gasteiger charge is 2.23. The maximum atomic E-state index is 13.0. The van der Waals surface area contributed by atoms with E-state index in [0.717, 1.165) is 5.56 Å². The molecular weight excluding hydrogens is 360 g/mol. The lowest BCUT2D eigenvalue weighted by Gasteiger charge is -2.21. The van der Waals surface area contributed by atoms with Crippen molar-refractivity contribution in [1.29, 1.82) is 0 Å². The van der Waals surface area contributed by atoms with Crippen LogP contribution in [0.3, 0.4) is 0 Å². The maximum absolute atomic E-state index is 13.0. The van der Waals surface area contributed by atoms with Gasteiger partial charge in [0.1, 0.15) is 0 Å². The molecule has 0 fully saturated rings. The fourth-order valence-corrected chi connectivity index (χ4v) is 3.94. The minimum atomic E-state index is -3.85. The van der Waals surface area contributed by atoms with Crippen LogP contribution in [0.15, 0.2) is 60.0 Å². The summed E-state index contributed by atoms with van der Waals surface area (Å²) < 4.78 is 28.6. The molecule has 6 heteroatoms. The van der Waals surface area contributed by atoms with Crippen molar-refractivity contribution in [2.24, 2.45) is 0 Å². The third-order valence-electron chi connectivity index (χ3n) is 4.17. The van der Waals surface area contributed by atoms with Crippen molar-refractivity contribution in [3.8, 4) is 0 Å². The van der Waals surface area contributed by atoms with Crippen molar-refractivity contribution in [3.63, 3.8) is 0 Å². The molecule has 144 valence electrons. The lowest BCUT2D eigenvalue weighted by molar-refractivity contribution is 0.0959. The molecule has 5 nitrogen and oxygen atoms in total. The number of anilines is 1. The summed E-state index contributed by atoms with van der Waals surface area (Å²) in [4.78, 5) is 12.5. The molecule has 2 aromatic carbocycles. The molecular formula is C21H26N2O3S. The van der Waals surface area contributed by atoms with E-state index in [0.29, 0.717) is 12.1 Å². The first-order chi connectivity index (χ1) is 12.6. The zero-order chi connectivity index (χ0) is 20.2. The number of aryl methyl sites for hydroxylation is 1. The molecule has 0 aromatic heterocycles. The monoisotopic (exact) mass is 386 g/mol. The molecule has 0 atom stereocenters. The van der Waals surface area contributed by atoms with E-state index in [4.69, 9.17) is 0 Å². The lowest BCUT2D eigenvalue weighted by atomic mass is 9.87. The predicted octanol–water partition coefficient (Wildman–Crippen LogP) is 4.01. The minimum Gasteiger partial charge on any atom is -0.349 e. The van der Waals surface area contributed by atoms with Gasteiger partial charge in [-0.15, -0.1) is 6.58 Å². The third kappa shape index (κ3) is 4.98. The van der Waals surface area contributed by atoms with Gasteiger partial charge in [-0.3, -0.25) is 9.52 Å². The number of benzene rings is 2. The van der Waals surface area contributed by atoms with Gasteiger partial charge < -0.3 is 5.32 Å². The van der Waals surface area contributed by atoms with Crippen LogP contribution in [-0.4, -0.2) is 20.9 Å². The summed E-state index contributed by atoms with van der Waals surface area (Å²) >= 11 is 0. The molecule has 0 heterocycles. The van der Waals surface area contributed by atoms with E-state index >= 15 is 0 Å². The summed E-state index contributed by atoms with van der Waals surface area (Å²) in [6.07, 6.45) is 1.56. The summed E-state index contributed by atoms with van der Waals surface area (Å²) in [7, 11) is -3.85. The Bertz CT molecular complexity index is 958. The quantitative estimate of drug-likeness (QED) is 0.737. The smallest absolute Gasteiger partial charge is 0.262 e. The van der Waals surface area contributed by atoms with E-state index < -0.39 is 10.0 Å². The van der Waals surface area contributed by atoms with Crippen LogP contribution >= 0.6 is 0 Å². The Kier molecular flexibility index (Phi) is 6.11. The summed E-state index contributed by atoms with van der Waals surface area (Å²) in [5, 5.41) is 2.66. The minimum absolute atomic E-state index is 0.180. The van der Waals surface area contributed by atoms with E-state index in [1.54, 1.807) is 49.4 Å². The molecule has 0 unspecified atom stereocenters. The van der Waals surface area contributed by atoms with Gasteiger partial charge in [-0.05, 0) is 41.7 Å². The molecule has 0 bridgehead atoms. The van der Waals surface area contributed by atoms with Crippen LogP contribution in [0.5, 0.6) is 0 Å². The third-order valence-corrected chi connectivity index (χ3v) is 5.67. The highest BCUT2D eigenvalue weighted by Crippen LogP contribution is 2.28. The Labute approximate surface area is 161 Å². The van der Waals surface area contributed by atoms with Crippen molar-refractivity contribution >= 4 is 21.6 Å². The number of nitrogens with one attached hydrogen (secondary N) is 2. The number of amides is 1. The first-order valence-electron chi connectivity index (χ1n) is 8.68. The van der Waals surface area contributed by atoms with Crippen molar-refractivity contribution < 1.29 is 13.2 Å². The molecule has 2 N–H and O–H groups in total. The SMILES string of the molecule is C=CCNC(=O)c1ccccc1NS(=O)(=O)c1cc(C(C)(C)C)ccc1C. The fourth-order valence-electron chi connectivity index (χ4n) is 2.59. The second kappa shape index (κ2) is 7.96. The first kappa shape index (κ1) is 20.7. The van der Waals surface area contributed by atoms with Gasteiger partial charge in [0.25, 0.3) is 15.9 Å². The first-order valence-corrected chi connectivity index (χ1v) is 10.2. The van der Waals surface area contributed by atoms with Crippen LogP contribution in [-0.2, 0) is 15.4 Å². The Morgan fingerprint density at radius 3 is 2.44 bits per heavy atom. The van der Waals surface area contributed by atoms with Gasteiger partial charge >= 0.3 is 0 Å². The number of carbonyl (C=O) groups excluding carboxylic acids is 1. The Balaban J connectivity index is 2.44. The normalized spacial score (nSPS) is 11.7. The second-order valence-electron chi connectivity index (χ2n) is 7.38. The number of carbonyl (C=O) groups is 1. The average Bonchev–Trinajstić information content (AvgIpc) is 2.59. The number of hydrogen-bond donors (Lipinski definition) is 2. The van der Waals surface area contributed by atoms with Crippen molar-refractivity contribution in [2.75, 3.05) is 11.3 Å². The molecule has 0 radical (unpaired) electrons. The Morgan fingerprint density at radius 1 is 1.15 bits per heavy atom. The number of hydrogen-bond acceptors (Lipinski definition) is 3. The summed E-state index contributed by atoms with van der Waals surface area (Å²) in [5.74, 6) is -0.367. The van der Waals surface area contributed by atoms with Gasteiger partial charge in [0.2, 0.25) is 0 Å². The lowest BCUT2D eigenvalue weighted by Crippen LogP contribution is -2.25. The highest BCUT2D eigenvalue weighted by molar-refractivity contribution is 7.92. The van der Waals surface area contributed by atoms with Crippen LogP contribution in [0.25, 0.3) is 0 Å². The van der Waals surface area contributed by atoms with Gasteiger partial charge in [0, 0.05) is 6.54 Å². The van der Waals surface area contributed by atoms with Crippen molar-refractivity contribution in [3.05, 3.63) is 71.8 Å².